The molecular weight excluding hydrogens is 404 g/mol. The summed E-state index contributed by atoms with van der Waals surface area (Å²) >= 11 is 0. The highest BCUT2D eigenvalue weighted by Crippen LogP contribution is 2.31. The number of fused-ring (bicyclic) bond motifs is 2. The van der Waals surface area contributed by atoms with Crippen LogP contribution in [-0.2, 0) is 4.74 Å². The van der Waals surface area contributed by atoms with Crippen LogP contribution in [0.3, 0.4) is 0 Å². The van der Waals surface area contributed by atoms with Gasteiger partial charge in [0.25, 0.3) is 5.91 Å². The van der Waals surface area contributed by atoms with Crippen molar-refractivity contribution in [1.29, 1.82) is 0 Å². The van der Waals surface area contributed by atoms with Crippen molar-refractivity contribution >= 4 is 34.4 Å². The zero-order valence-corrected chi connectivity index (χ0v) is 18.7. The van der Waals surface area contributed by atoms with E-state index < -0.39 is 0 Å². The second kappa shape index (κ2) is 8.35. The van der Waals surface area contributed by atoms with Crippen molar-refractivity contribution in [3.8, 4) is 0 Å². The molecule has 0 radical (unpaired) electrons. The number of rotatable bonds is 2. The van der Waals surface area contributed by atoms with Gasteiger partial charge in [0.1, 0.15) is 5.82 Å². The van der Waals surface area contributed by atoms with Crippen molar-refractivity contribution in [1.82, 2.24) is 15.0 Å². The first-order valence-electron chi connectivity index (χ1n) is 11.2. The topological polar surface area (TPSA) is 74.7 Å². The van der Waals surface area contributed by atoms with Gasteiger partial charge in [-0.3, -0.25) is 9.69 Å². The molecule has 0 spiro atoms. The number of carbonyl (C=O) groups is 1. The molecule has 8 nitrogen and oxygen atoms in total. The average molecular weight is 433 g/mol. The predicted octanol–water partition coefficient (Wildman–Crippen LogP) is 3.13. The van der Waals surface area contributed by atoms with Crippen molar-refractivity contribution in [3.63, 3.8) is 0 Å². The van der Waals surface area contributed by atoms with Crippen molar-refractivity contribution < 1.29 is 9.53 Å². The molecule has 3 aromatic rings. The molecule has 2 aromatic heterocycles. The minimum Gasteiger partial charge on any atom is -0.372 e. The van der Waals surface area contributed by atoms with Gasteiger partial charge >= 0.3 is 0 Å². The van der Waals surface area contributed by atoms with Crippen LogP contribution in [0, 0.1) is 0 Å². The van der Waals surface area contributed by atoms with E-state index in [1.165, 1.54) is 0 Å². The van der Waals surface area contributed by atoms with E-state index in [9.17, 15) is 4.79 Å². The lowest BCUT2D eigenvalue weighted by Crippen LogP contribution is -2.45. The first-order valence-corrected chi connectivity index (χ1v) is 11.2. The lowest BCUT2D eigenvalue weighted by Gasteiger charge is -2.36. The monoisotopic (exact) mass is 432 g/mol. The normalized spacial score (nSPS) is 21.4. The summed E-state index contributed by atoms with van der Waals surface area (Å²) in [7, 11) is 2.00. The molecule has 5 rings (SSSR count). The van der Waals surface area contributed by atoms with Crippen LogP contribution >= 0.6 is 0 Å². The molecule has 2 atom stereocenters. The lowest BCUT2D eigenvalue weighted by molar-refractivity contribution is -0.00546. The first-order chi connectivity index (χ1) is 15.5. The number of para-hydroxylation sites is 2. The maximum atomic E-state index is 13.5. The molecule has 0 bridgehead atoms. The van der Waals surface area contributed by atoms with Crippen LogP contribution in [0.4, 0.5) is 17.5 Å². The SMILES string of the molecule is CC1CN(c2ccc(C(=O)N3CCCN(C)c4nc5ccccc5nc43)cn2)CC(C)O1. The number of ether oxygens (including phenoxy) is 1. The molecule has 8 heteroatoms. The van der Waals surface area contributed by atoms with Crippen LogP contribution in [0.5, 0.6) is 0 Å². The Kier molecular flexibility index (Phi) is 5.38. The number of pyridine rings is 1. The summed E-state index contributed by atoms with van der Waals surface area (Å²) in [5.41, 5.74) is 2.16. The van der Waals surface area contributed by atoms with Gasteiger partial charge in [0.05, 0.1) is 28.8 Å². The number of hydrogen-bond acceptors (Lipinski definition) is 7. The Balaban J connectivity index is 1.45. The third kappa shape index (κ3) is 3.86. The second-order valence-corrected chi connectivity index (χ2v) is 8.66. The number of carbonyl (C=O) groups excluding carboxylic acids is 1. The summed E-state index contributed by atoms with van der Waals surface area (Å²) in [5.74, 6) is 2.10. The standard InChI is InChI=1S/C24H28N6O2/c1-16-14-29(15-17(2)32-16)21-10-9-18(13-25-21)24(31)30-12-6-11-28(3)22-23(30)27-20-8-5-4-7-19(20)26-22/h4-5,7-10,13,16-17H,6,11-12,14-15H2,1-3H3. The Morgan fingerprint density at radius 2 is 1.66 bits per heavy atom. The number of hydrogen-bond donors (Lipinski definition) is 0. The first kappa shape index (κ1) is 20.6. The molecule has 1 fully saturated rings. The highest BCUT2D eigenvalue weighted by molar-refractivity contribution is 6.07. The molecule has 4 heterocycles. The Bertz CT molecular complexity index is 1130. The van der Waals surface area contributed by atoms with Gasteiger partial charge in [0.15, 0.2) is 11.6 Å². The number of aromatic nitrogens is 3. The predicted molar refractivity (Wildman–Crippen MR) is 126 cm³/mol. The maximum absolute atomic E-state index is 13.5. The number of amides is 1. The average Bonchev–Trinajstić information content (AvgIpc) is 2.95. The van der Waals surface area contributed by atoms with Crippen LogP contribution in [0.2, 0.25) is 0 Å². The highest BCUT2D eigenvalue weighted by atomic mass is 16.5. The Labute approximate surface area is 187 Å². The van der Waals surface area contributed by atoms with Gasteiger partial charge in [0, 0.05) is 39.4 Å². The molecule has 2 aliphatic heterocycles. The molecule has 1 aromatic carbocycles. The quantitative estimate of drug-likeness (QED) is 0.616. The summed E-state index contributed by atoms with van der Waals surface area (Å²) in [5, 5.41) is 0. The minimum atomic E-state index is -0.103. The largest absolute Gasteiger partial charge is 0.372 e. The van der Waals surface area contributed by atoms with Crippen LogP contribution < -0.4 is 14.7 Å². The number of nitrogens with zero attached hydrogens (tertiary/aromatic N) is 6. The van der Waals surface area contributed by atoms with Gasteiger partial charge in [-0.05, 0) is 44.5 Å². The fourth-order valence-corrected chi connectivity index (χ4v) is 4.51. The number of morpholine rings is 1. The summed E-state index contributed by atoms with van der Waals surface area (Å²) in [6.07, 6.45) is 2.82. The Morgan fingerprint density at radius 3 is 2.31 bits per heavy atom. The number of anilines is 3. The lowest BCUT2D eigenvalue weighted by atomic mass is 10.2. The third-order valence-corrected chi connectivity index (χ3v) is 6.01. The highest BCUT2D eigenvalue weighted by Gasteiger charge is 2.28. The molecule has 2 unspecified atom stereocenters. The molecule has 0 saturated carbocycles. The van der Waals surface area contributed by atoms with E-state index in [4.69, 9.17) is 14.7 Å². The third-order valence-electron chi connectivity index (χ3n) is 6.01. The molecule has 1 saturated heterocycles. The zero-order chi connectivity index (χ0) is 22.2. The van der Waals surface area contributed by atoms with E-state index in [1.54, 1.807) is 11.1 Å². The van der Waals surface area contributed by atoms with E-state index in [-0.39, 0.29) is 18.1 Å². The Morgan fingerprint density at radius 1 is 0.969 bits per heavy atom. The smallest absolute Gasteiger partial charge is 0.261 e. The van der Waals surface area contributed by atoms with E-state index in [1.807, 2.05) is 43.4 Å². The zero-order valence-electron chi connectivity index (χ0n) is 18.7. The minimum absolute atomic E-state index is 0.103. The molecule has 1 amide bonds. The summed E-state index contributed by atoms with van der Waals surface area (Å²) < 4.78 is 5.82. The summed E-state index contributed by atoms with van der Waals surface area (Å²) in [6, 6.07) is 11.5. The van der Waals surface area contributed by atoms with Gasteiger partial charge < -0.3 is 14.5 Å². The molecular formula is C24H28N6O2. The van der Waals surface area contributed by atoms with Crippen molar-refractivity contribution in [2.24, 2.45) is 0 Å². The van der Waals surface area contributed by atoms with E-state index in [2.05, 4.69) is 28.6 Å². The van der Waals surface area contributed by atoms with E-state index >= 15 is 0 Å². The van der Waals surface area contributed by atoms with Gasteiger partial charge in [-0.2, -0.15) is 0 Å². The molecule has 166 valence electrons. The molecule has 32 heavy (non-hydrogen) atoms. The van der Waals surface area contributed by atoms with E-state index in [0.717, 1.165) is 48.7 Å². The van der Waals surface area contributed by atoms with Gasteiger partial charge in [0.2, 0.25) is 0 Å². The van der Waals surface area contributed by atoms with Crippen LogP contribution in [0.15, 0.2) is 42.6 Å². The molecule has 2 aliphatic rings. The van der Waals surface area contributed by atoms with Crippen molar-refractivity contribution in [2.75, 3.05) is 47.9 Å². The van der Waals surface area contributed by atoms with Crippen molar-refractivity contribution in [2.45, 2.75) is 32.5 Å². The second-order valence-electron chi connectivity index (χ2n) is 8.66. The van der Waals surface area contributed by atoms with E-state index in [0.29, 0.717) is 17.9 Å². The van der Waals surface area contributed by atoms with Crippen LogP contribution in [0.1, 0.15) is 30.6 Å². The molecule has 0 aliphatic carbocycles. The van der Waals surface area contributed by atoms with Crippen molar-refractivity contribution in [3.05, 3.63) is 48.2 Å². The molecule has 0 N–H and O–H groups in total. The van der Waals surface area contributed by atoms with Gasteiger partial charge in [-0.25, -0.2) is 15.0 Å². The Hall–Kier alpha value is -3.26. The summed E-state index contributed by atoms with van der Waals surface area (Å²) in [4.78, 5) is 33.8. The van der Waals surface area contributed by atoms with Gasteiger partial charge in [-0.1, -0.05) is 12.1 Å². The van der Waals surface area contributed by atoms with Crippen LogP contribution in [0.25, 0.3) is 11.0 Å². The fourth-order valence-electron chi connectivity index (χ4n) is 4.51. The fraction of sp³-hybridized carbons (Fsp3) is 0.417. The summed E-state index contributed by atoms with van der Waals surface area (Å²) in [6.45, 7) is 7.12. The number of benzene rings is 1. The van der Waals surface area contributed by atoms with Crippen LogP contribution in [-0.4, -0.2) is 66.3 Å². The van der Waals surface area contributed by atoms with Gasteiger partial charge in [-0.15, -0.1) is 0 Å². The maximum Gasteiger partial charge on any atom is 0.261 e.